The average Bonchev–Trinajstić information content (AvgIpc) is 2.59. The minimum atomic E-state index is -0.317. The lowest BCUT2D eigenvalue weighted by Gasteiger charge is -2.34. The summed E-state index contributed by atoms with van der Waals surface area (Å²) in [5, 5.41) is 3.68. The number of hydrogen-bond acceptors (Lipinski definition) is 2. The number of carbonyl (C=O) groups excluding carboxylic acids is 2. The molecule has 25 heavy (non-hydrogen) atoms. The summed E-state index contributed by atoms with van der Waals surface area (Å²) in [6.07, 6.45) is 1.58. The maximum absolute atomic E-state index is 12.6. The lowest BCUT2D eigenvalue weighted by molar-refractivity contribution is -0.136. The summed E-state index contributed by atoms with van der Waals surface area (Å²) in [7, 11) is 0. The maximum atomic E-state index is 12.6. The van der Waals surface area contributed by atoms with Crippen LogP contribution in [-0.2, 0) is 4.79 Å². The summed E-state index contributed by atoms with van der Waals surface area (Å²) in [4.78, 5) is 28.6. The Labute approximate surface area is 163 Å². The van der Waals surface area contributed by atoms with Gasteiger partial charge in [-0.05, 0) is 38.8 Å². The van der Waals surface area contributed by atoms with Gasteiger partial charge < -0.3 is 15.1 Å². The van der Waals surface area contributed by atoms with E-state index in [0.29, 0.717) is 36.9 Å². The Morgan fingerprint density at radius 2 is 1.80 bits per heavy atom. The van der Waals surface area contributed by atoms with Crippen LogP contribution in [0.25, 0.3) is 0 Å². The Hall–Kier alpha value is -1.17. The van der Waals surface area contributed by atoms with Crippen LogP contribution in [0, 0.1) is 5.92 Å². The van der Waals surface area contributed by atoms with Gasteiger partial charge in [0.1, 0.15) is 0 Å². The summed E-state index contributed by atoms with van der Waals surface area (Å²) in [6, 6.07) is 2.73. The van der Waals surface area contributed by atoms with E-state index in [1.165, 1.54) is 12.1 Å². The van der Waals surface area contributed by atoms with Gasteiger partial charge in [-0.2, -0.15) is 0 Å². The van der Waals surface area contributed by atoms with Crippen LogP contribution in [0.4, 0.5) is 10.5 Å². The molecule has 1 atom stereocenters. The second kappa shape index (κ2) is 8.97. The number of amides is 3. The zero-order valence-electron chi connectivity index (χ0n) is 14.3. The number of hydrogen-bond donors (Lipinski definition) is 1. The molecule has 0 spiro atoms. The normalized spacial score (nSPS) is 17.3. The van der Waals surface area contributed by atoms with Gasteiger partial charge in [0.25, 0.3) is 0 Å². The molecule has 2 rings (SSSR count). The highest BCUT2D eigenvalue weighted by molar-refractivity contribution is 6.42. The first kappa shape index (κ1) is 20.1. The number of piperidine rings is 1. The van der Waals surface area contributed by atoms with E-state index in [0.717, 1.165) is 12.8 Å². The third kappa shape index (κ3) is 4.93. The molecule has 1 unspecified atom stereocenters. The lowest BCUT2D eigenvalue weighted by Crippen LogP contribution is -2.48. The second-order valence-corrected chi connectivity index (χ2v) is 7.22. The third-order valence-corrected chi connectivity index (χ3v) is 5.19. The highest BCUT2D eigenvalue weighted by atomic mass is 35.5. The zero-order chi connectivity index (χ0) is 18.6. The minimum absolute atomic E-state index is 0.102. The molecule has 0 radical (unpaired) electrons. The van der Waals surface area contributed by atoms with Gasteiger partial charge >= 0.3 is 6.03 Å². The molecule has 1 aliphatic rings. The number of benzene rings is 1. The van der Waals surface area contributed by atoms with Crippen LogP contribution in [0.3, 0.4) is 0 Å². The molecule has 0 aliphatic carbocycles. The third-order valence-electron chi connectivity index (χ3n) is 4.37. The van der Waals surface area contributed by atoms with Crippen LogP contribution >= 0.6 is 34.8 Å². The Bertz CT molecular complexity index is 627. The predicted molar refractivity (Wildman–Crippen MR) is 103 cm³/mol. The van der Waals surface area contributed by atoms with Crippen molar-refractivity contribution in [3.63, 3.8) is 0 Å². The SMILES string of the molecule is CCN(CC)C(=O)C1CCCN(C(=O)Nc2c(Cl)cc(Cl)cc2Cl)C1. The van der Waals surface area contributed by atoms with E-state index in [2.05, 4.69) is 5.32 Å². The fraction of sp³-hybridized carbons (Fsp3) is 0.529. The molecule has 1 aromatic rings. The summed E-state index contributed by atoms with van der Waals surface area (Å²) in [6.45, 7) is 6.25. The lowest BCUT2D eigenvalue weighted by atomic mass is 9.96. The highest BCUT2D eigenvalue weighted by Crippen LogP contribution is 2.34. The quantitative estimate of drug-likeness (QED) is 0.784. The molecule has 1 fully saturated rings. The van der Waals surface area contributed by atoms with Gasteiger partial charge in [0, 0.05) is 31.2 Å². The van der Waals surface area contributed by atoms with Crippen LogP contribution in [0.1, 0.15) is 26.7 Å². The van der Waals surface area contributed by atoms with E-state index in [1.54, 1.807) is 9.80 Å². The van der Waals surface area contributed by atoms with Crippen LogP contribution in [0.5, 0.6) is 0 Å². The largest absolute Gasteiger partial charge is 0.343 e. The number of urea groups is 1. The second-order valence-electron chi connectivity index (χ2n) is 5.97. The number of nitrogens with one attached hydrogen (secondary N) is 1. The van der Waals surface area contributed by atoms with Crippen molar-refractivity contribution in [2.45, 2.75) is 26.7 Å². The molecule has 8 heteroatoms. The molecule has 0 aromatic heterocycles. The van der Waals surface area contributed by atoms with Gasteiger partial charge in [0.2, 0.25) is 5.91 Å². The van der Waals surface area contributed by atoms with Crippen molar-refractivity contribution in [1.82, 2.24) is 9.80 Å². The van der Waals surface area contributed by atoms with Crippen LogP contribution in [0.15, 0.2) is 12.1 Å². The fourth-order valence-electron chi connectivity index (χ4n) is 3.00. The van der Waals surface area contributed by atoms with E-state index in [1.807, 2.05) is 13.8 Å². The van der Waals surface area contributed by atoms with Crippen LogP contribution in [0.2, 0.25) is 15.1 Å². The topological polar surface area (TPSA) is 52.7 Å². The van der Waals surface area contributed by atoms with E-state index in [9.17, 15) is 9.59 Å². The van der Waals surface area contributed by atoms with Crippen molar-refractivity contribution >= 4 is 52.4 Å². The smallest absolute Gasteiger partial charge is 0.321 e. The molecule has 1 N–H and O–H groups in total. The minimum Gasteiger partial charge on any atom is -0.343 e. The van der Waals surface area contributed by atoms with Crippen molar-refractivity contribution in [2.24, 2.45) is 5.92 Å². The van der Waals surface area contributed by atoms with E-state index in [4.69, 9.17) is 34.8 Å². The summed E-state index contributed by atoms with van der Waals surface area (Å²) >= 11 is 18.1. The van der Waals surface area contributed by atoms with Gasteiger partial charge in [-0.3, -0.25) is 4.79 Å². The summed E-state index contributed by atoms with van der Waals surface area (Å²) < 4.78 is 0. The number of likely N-dealkylation sites (tertiary alicyclic amines) is 1. The first-order valence-electron chi connectivity index (χ1n) is 8.36. The van der Waals surface area contributed by atoms with Gasteiger partial charge in [0.15, 0.2) is 0 Å². The van der Waals surface area contributed by atoms with E-state index < -0.39 is 0 Å². The first-order chi connectivity index (χ1) is 11.9. The van der Waals surface area contributed by atoms with Crippen molar-refractivity contribution in [3.8, 4) is 0 Å². The van der Waals surface area contributed by atoms with Crippen molar-refractivity contribution in [3.05, 3.63) is 27.2 Å². The zero-order valence-corrected chi connectivity index (χ0v) is 16.6. The van der Waals surface area contributed by atoms with Crippen molar-refractivity contribution in [2.75, 3.05) is 31.5 Å². The Morgan fingerprint density at radius 1 is 1.20 bits per heavy atom. The number of nitrogens with zero attached hydrogens (tertiary/aromatic N) is 2. The molecular formula is C17H22Cl3N3O2. The highest BCUT2D eigenvalue weighted by Gasteiger charge is 2.30. The number of halogens is 3. The molecule has 0 bridgehead atoms. The van der Waals surface area contributed by atoms with Crippen LogP contribution in [-0.4, -0.2) is 47.9 Å². The van der Waals surface area contributed by atoms with Crippen molar-refractivity contribution < 1.29 is 9.59 Å². The molecule has 138 valence electrons. The molecule has 0 saturated carbocycles. The number of anilines is 1. The Kier molecular flexibility index (Phi) is 7.23. The Balaban J connectivity index is 2.06. The fourth-order valence-corrected chi connectivity index (χ4v) is 3.92. The van der Waals surface area contributed by atoms with Gasteiger partial charge in [-0.15, -0.1) is 0 Å². The standard InChI is InChI=1S/C17H22Cl3N3O2/c1-3-22(4-2)16(24)11-6-5-7-23(10-11)17(25)21-15-13(19)8-12(18)9-14(15)20/h8-9,11H,3-7,10H2,1-2H3,(H,21,25). The first-order valence-corrected chi connectivity index (χ1v) is 9.50. The van der Waals surface area contributed by atoms with Crippen LogP contribution < -0.4 is 5.32 Å². The maximum Gasteiger partial charge on any atom is 0.321 e. The van der Waals surface area contributed by atoms with E-state index in [-0.39, 0.29) is 27.9 Å². The van der Waals surface area contributed by atoms with Gasteiger partial charge in [-0.25, -0.2) is 4.79 Å². The molecule has 1 heterocycles. The molecule has 1 saturated heterocycles. The van der Waals surface area contributed by atoms with Crippen molar-refractivity contribution in [1.29, 1.82) is 0 Å². The van der Waals surface area contributed by atoms with Gasteiger partial charge in [-0.1, -0.05) is 34.8 Å². The molecule has 1 aromatic carbocycles. The average molecular weight is 407 g/mol. The monoisotopic (exact) mass is 405 g/mol. The number of carbonyl (C=O) groups is 2. The summed E-state index contributed by atoms with van der Waals surface area (Å²) in [5.41, 5.74) is 0.329. The molecule has 1 aliphatic heterocycles. The van der Waals surface area contributed by atoms with E-state index >= 15 is 0 Å². The van der Waals surface area contributed by atoms with Gasteiger partial charge in [0.05, 0.1) is 21.7 Å². The summed E-state index contributed by atoms with van der Waals surface area (Å²) in [5.74, 6) is -0.0689. The predicted octanol–water partition coefficient (Wildman–Crippen LogP) is 4.76. The number of rotatable bonds is 4. The Morgan fingerprint density at radius 3 is 2.36 bits per heavy atom. The molecule has 3 amide bonds. The molecule has 5 nitrogen and oxygen atoms in total. The molecular weight excluding hydrogens is 385 g/mol.